The first-order valence-corrected chi connectivity index (χ1v) is 10.8. The highest BCUT2D eigenvalue weighted by Crippen LogP contribution is 2.34. The molecule has 28 heavy (non-hydrogen) atoms. The van der Waals surface area contributed by atoms with Gasteiger partial charge in [-0.05, 0) is 55.5 Å². The van der Waals surface area contributed by atoms with Gasteiger partial charge in [-0.3, -0.25) is 0 Å². The second-order valence-electron chi connectivity index (χ2n) is 7.89. The Morgan fingerprint density at radius 2 is 2.00 bits per heavy atom. The largest absolute Gasteiger partial charge is 0.493 e. The van der Waals surface area contributed by atoms with Gasteiger partial charge in [0.15, 0.2) is 5.13 Å². The molecule has 1 saturated carbocycles. The number of hydrogen-bond acceptors (Lipinski definition) is 6. The van der Waals surface area contributed by atoms with E-state index < -0.39 is 0 Å². The van der Waals surface area contributed by atoms with E-state index in [1.54, 1.807) is 11.3 Å². The Bertz CT molecular complexity index is 977. The molecule has 1 unspecified atom stereocenters. The summed E-state index contributed by atoms with van der Waals surface area (Å²) in [5.74, 6) is 2.53. The second kappa shape index (κ2) is 7.26. The summed E-state index contributed by atoms with van der Waals surface area (Å²) in [5.41, 5.74) is 8.14. The van der Waals surface area contributed by atoms with Gasteiger partial charge in [-0.1, -0.05) is 23.5 Å². The molecule has 2 aliphatic rings. The minimum Gasteiger partial charge on any atom is -0.493 e. The van der Waals surface area contributed by atoms with Crippen LogP contribution >= 0.6 is 11.3 Å². The lowest BCUT2D eigenvalue weighted by Gasteiger charge is -2.38. The molecule has 2 fully saturated rings. The SMILES string of the molecule is CC(N)c1ccc2sc(N3CC(Oc4cccc(OCC5CC5)c4)C3)nc2c1. The van der Waals surface area contributed by atoms with Crippen molar-refractivity contribution in [3.63, 3.8) is 0 Å². The van der Waals surface area contributed by atoms with E-state index in [0.717, 1.165) is 53.3 Å². The van der Waals surface area contributed by atoms with Crippen LogP contribution in [0.4, 0.5) is 5.13 Å². The minimum absolute atomic E-state index is 0.0281. The van der Waals surface area contributed by atoms with Gasteiger partial charge in [0, 0.05) is 12.1 Å². The highest BCUT2D eigenvalue weighted by Gasteiger charge is 2.31. The normalized spacial score (nSPS) is 18.1. The third kappa shape index (κ3) is 3.80. The standard InChI is InChI=1S/C22H25N3O2S/c1-14(23)16-7-8-21-20(9-16)24-22(28-21)25-11-19(12-25)27-18-4-2-3-17(10-18)26-13-15-5-6-15/h2-4,7-10,14-15,19H,5-6,11-13,23H2,1H3. The molecule has 1 aliphatic carbocycles. The molecule has 2 aromatic carbocycles. The van der Waals surface area contributed by atoms with Crippen molar-refractivity contribution in [2.75, 3.05) is 24.6 Å². The fourth-order valence-electron chi connectivity index (χ4n) is 3.35. The zero-order valence-corrected chi connectivity index (χ0v) is 16.8. The summed E-state index contributed by atoms with van der Waals surface area (Å²) in [6.45, 7) is 4.53. The number of ether oxygens (including phenoxy) is 2. The van der Waals surface area contributed by atoms with Crippen LogP contribution in [0.5, 0.6) is 11.5 Å². The predicted octanol–water partition coefficient (Wildman–Crippen LogP) is 4.37. The number of nitrogens with zero attached hydrogens (tertiary/aromatic N) is 2. The van der Waals surface area contributed by atoms with Crippen molar-refractivity contribution in [2.45, 2.75) is 31.9 Å². The molecule has 3 aromatic rings. The molecule has 0 spiro atoms. The van der Waals surface area contributed by atoms with Gasteiger partial charge >= 0.3 is 0 Å². The average Bonchev–Trinajstić information content (AvgIpc) is 3.39. The number of nitrogens with two attached hydrogens (primary N) is 1. The number of rotatable bonds is 7. The number of aromatic nitrogens is 1. The summed E-state index contributed by atoms with van der Waals surface area (Å²) in [7, 11) is 0. The van der Waals surface area contributed by atoms with E-state index in [2.05, 4.69) is 23.1 Å². The zero-order valence-electron chi connectivity index (χ0n) is 16.0. The van der Waals surface area contributed by atoms with Gasteiger partial charge in [0.25, 0.3) is 0 Å². The van der Waals surface area contributed by atoms with Gasteiger partial charge in [0.05, 0.1) is 29.9 Å². The fourth-order valence-corrected chi connectivity index (χ4v) is 4.31. The van der Waals surface area contributed by atoms with Crippen LogP contribution in [-0.4, -0.2) is 30.8 Å². The first kappa shape index (κ1) is 17.8. The summed E-state index contributed by atoms with van der Waals surface area (Å²) in [6.07, 6.45) is 2.78. The van der Waals surface area contributed by atoms with E-state index in [1.807, 2.05) is 31.2 Å². The third-order valence-electron chi connectivity index (χ3n) is 5.34. The Morgan fingerprint density at radius 1 is 1.18 bits per heavy atom. The van der Waals surface area contributed by atoms with Crippen LogP contribution in [0.1, 0.15) is 31.4 Å². The number of fused-ring (bicyclic) bond motifs is 1. The summed E-state index contributed by atoms with van der Waals surface area (Å²) < 4.78 is 13.2. The molecule has 5 rings (SSSR count). The molecule has 0 amide bonds. The molecular formula is C22H25N3O2S. The maximum atomic E-state index is 6.13. The average molecular weight is 396 g/mol. The molecule has 1 atom stereocenters. The van der Waals surface area contributed by atoms with Gasteiger partial charge in [-0.15, -0.1) is 0 Å². The summed E-state index contributed by atoms with van der Waals surface area (Å²) >= 11 is 1.73. The monoisotopic (exact) mass is 395 g/mol. The van der Waals surface area contributed by atoms with E-state index in [0.29, 0.717) is 0 Å². The van der Waals surface area contributed by atoms with Crippen LogP contribution in [0.25, 0.3) is 10.2 Å². The third-order valence-corrected chi connectivity index (χ3v) is 6.43. The quantitative estimate of drug-likeness (QED) is 0.644. The number of thiazole rings is 1. The molecular weight excluding hydrogens is 370 g/mol. The Morgan fingerprint density at radius 3 is 2.79 bits per heavy atom. The first-order chi connectivity index (χ1) is 13.6. The fraction of sp³-hybridized carbons (Fsp3) is 0.409. The minimum atomic E-state index is 0.0281. The molecule has 6 heteroatoms. The van der Waals surface area contributed by atoms with E-state index in [1.165, 1.54) is 17.5 Å². The zero-order chi connectivity index (χ0) is 19.1. The Labute approximate surface area is 169 Å². The van der Waals surface area contributed by atoms with Crippen LogP contribution in [0.15, 0.2) is 42.5 Å². The molecule has 1 aliphatic heterocycles. The number of benzene rings is 2. The molecule has 2 N–H and O–H groups in total. The van der Waals surface area contributed by atoms with E-state index in [-0.39, 0.29) is 12.1 Å². The lowest BCUT2D eigenvalue weighted by Crippen LogP contribution is -2.54. The maximum Gasteiger partial charge on any atom is 0.186 e. The number of anilines is 1. The van der Waals surface area contributed by atoms with E-state index in [9.17, 15) is 0 Å². The van der Waals surface area contributed by atoms with Crippen LogP contribution in [0, 0.1) is 5.92 Å². The lowest BCUT2D eigenvalue weighted by molar-refractivity contribution is 0.166. The molecule has 1 saturated heterocycles. The topological polar surface area (TPSA) is 60.6 Å². The van der Waals surface area contributed by atoms with Crippen molar-refractivity contribution in [2.24, 2.45) is 11.7 Å². The maximum absolute atomic E-state index is 6.13. The van der Waals surface area contributed by atoms with Crippen LogP contribution in [0.3, 0.4) is 0 Å². The summed E-state index contributed by atoms with van der Waals surface area (Å²) in [5, 5.41) is 1.05. The lowest BCUT2D eigenvalue weighted by atomic mass is 10.1. The van der Waals surface area contributed by atoms with Crippen molar-refractivity contribution in [1.29, 1.82) is 0 Å². The van der Waals surface area contributed by atoms with E-state index >= 15 is 0 Å². The molecule has 1 aromatic heterocycles. The molecule has 2 heterocycles. The molecule has 0 bridgehead atoms. The van der Waals surface area contributed by atoms with Gasteiger partial charge in [-0.2, -0.15) is 0 Å². The second-order valence-corrected chi connectivity index (χ2v) is 8.90. The van der Waals surface area contributed by atoms with Gasteiger partial charge in [0.2, 0.25) is 0 Å². The summed E-state index contributed by atoms with van der Waals surface area (Å²) in [6, 6.07) is 14.3. The van der Waals surface area contributed by atoms with Crippen LogP contribution in [-0.2, 0) is 0 Å². The van der Waals surface area contributed by atoms with Crippen molar-refractivity contribution in [1.82, 2.24) is 4.98 Å². The highest BCUT2D eigenvalue weighted by atomic mass is 32.1. The Kier molecular flexibility index (Phi) is 4.61. The van der Waals surface area contributed by atoms with Gasteiger partial charge in [-0.25, -0.2) is 4.98 Å². The molecule has 0 radical (unpaired) electrons. The smallest absolute Gasteiger partial charge is 0.186 e. The predicted molar refractivity (Wildman–Crippen MR) is 114 cm³/mol. The Hall–Kier alpha value is -2.31. The van der Waals surface area contributed by atoms with Crippen molar-refractivity contribution >= 4 is 26.7 Å². The Balaban J connectivity index is 1.19. The first-order valence-electron chi connectivity index (χ1n) is 9.94. The van der Waals surface area contributed by atoms with Gasteiger partial charge < -0.3 is 20.1 Å². The van der Waals surface area contributed by atoms with E-state index in [4.69, 9.17) is 20.2 Å². The molecule has 5 nitrogen and oxygen atoms in total. The molecule has 146 valence electrons. The van der Waals surface area contributed by atoms with Crippen LogP contribution in [0.2, 0.25) is 0 Å². The summed E-state index contributed by atoms with van der Waals surface area (Å²) in [4.78, 5) is 7.07. The van der Waals surface area contributed by atoms with Crippen LogP contribution < -0.4 is 20.1 Å². The van der Waals surface area contributed by atoms with Crippen molar-refractivity contribution in [3.8, 4) is 11.5 Å². The van der Waals surface area contributed by atoms with Crippen molar-refractivity contribution in [3.05, 3.63) is 48.0 Å². The van der Waals surface area contributed by atoms with Gasteiger partial charge in [0.1, 0.15) is 17.6 Å². The highest BCUT2D eigenvalue weighted by molar-refractivity contribution is 7.22. The number of hydrogen-bond donors (Lipinski definition) is 1. The van der Waals surface area contributed by atoms with Crippen molar-refractivity contribution < 1.29 is 9.47 Å².